The lowest BCUT2D eigenvalue weighted by atomic mass is 10.0. The van der Waals surface area contributed by atoms with E-state index in [1.807, 2.05) is 24.3 Å². The van der Waals surface area contributed by atoms with E-state index < -0.39 is 5.97 Å². The van der Waals surface area contributed by atoms with Crippen molar-refractivity contribution in [1.29, 1.82) is 0 Å². The van der Waals surface area contributed by atoms with Crippen LogP contribution >= 0.6 is 0 Å². The van der Waals surface area contributed by atoms with Crippen LogP contribution in [0.4, 0.5) is 0 Å². The predicted octanol–water partition coefficient (Wildman–Crippen LogP) is 4.75. The number of hydrogen-bond acceptors (Lipinski definition) is 6. The molecule has 8 heteroatoms. The van der Waals surface area contributed by atoms with Crippen LogP contribution in [0, 0.1) is 0 Å². The SMILES string of the molecule is COc1ccc2c(c1)c(-c1ccc(OC)c(OC)c1)c(C(=O)O)n2-c1ccc2c(c1)OCO2. The van der Waals surface area contributed by atoms with Crippen molar-refractivity contribution in [2.24, 2.45) is 0 Å². The fourth-order valence-corrected chi connectivity index (χ4v) is 4.18. The van der Waals surface area contributed by atoms with E-state index in [1.165, 1.54) is 0 Å². The Morgan fingerprint density at radius 2 is 1.67 bits per heavy atom. The van der Waals surface area contributed by atoms with Gasteiger partial charge in [-0.25, -0.2) is 4.79 Å². The summed E-state index contributed by atoms with van der Waals surface area (Å²) in [5.74, 6) is 1.77. The van der Waals surface area contributed by atoms with Crippen LogP contribution in [0.2, 0.25) is 0 Å². The highest BCUT2D eigenvalue weighted by molar-refractivity contribution is 6.09. The molecule has 0 aliphatic carbocycles. The molecule has 3 aromatic carbocycles. The molecule has 0 saturated carbocycles. The molecule has 0 bridgehead atoms. The Labute approximate surface area is 189 Å². The molecule has 1 aliphatic heterocycles. The second kappa shape index (κ2) is 7.98. The van der Waals surface area contributed by atoms with Gasteiger partial charge in [0, 0.05) is 17.0 Å². The Balaban J connectivity index is 1.86. The fourth-order valence-electron chi connectivity index (χ4n) is 4.18. The molecule has 1 N–H and O–H groups in total. The average Bonchev–Trinajstić information content (AvgIpc) is 3.44. The van der Waals surface area contributed by atoms with Crippen molar-refractivity contribution in [2.75, 3.05) is 28.1 Å². The summed E-state index contributed by atoms with van der Waals surface area (Å²) in [6.45, 7) is 0.130. The van der Waals surface area contributed by atoms with E-state index in [9.17, 15) is 9.90 Å². The maximum absolute atomic E-state index is 12.7. The van der Waals surface area contributed by atoms with Gasteiger partial charge in [0.15, 0.2) is 23.0 Å². The predicted molar refractivity (Wildman–Crippen MR) is 121 cm³/mol. The van der Waals surface area contributed by atoms with Crippen molar-refractivity contribution in [3.63, 3.8) is 0 Å². The third-order valence-electron chi connectivity index (χ3n) is 5.66. The standard InChI is InChI=1S/C25H21NO7/c1-29-16-6-7-18-17(12-16)23(14-4-8-19(30-2)21(10-14)31-3)24(25(27)28)26(18)15-5-9-20-22(11-15)33-13-32-20/h4-12H,13H2,1-3H3,(H,27,28). The Morgan fingerprint density at radius 3 is 2.39 bits per heavy atom. The number of carboxylic acid groups (broad SMARTS) is 1. The number of rotatable bonds is 6. The lowest BCUT2D eigenvalue weighted by molar-refractivity contribution is 0.0689. The lowest BCUT2D eigenvalue weighted by Crippen LogP contribution is -2.08. The van der Waals surface area contributed by atoms with E-state index in [-0.39, 0.29) is 12.5 Å². The van der Waals surface area contributed by atoms with Crippen LogP contribution in [0.25, 0.3) is 27.7 Å². The highest BCUT2D eigenvalue weighted by Crippen LogP contribution is 2.43. The number of nitrogens with zero attached hydrogens (tertiary/aromatic N) is 1. The lowest BCUT2D eigenvalue weighted by Gasteiger charge is -2.12. The number of benzene rings is 3. The molecular weight excluding hydrogens is 426 g/mol. The number of carbonyl (C=O) groups is 1. The van der Waals surface area contributed by atoms with Crippen molar-refractivity contribution in [2.45, 2.75) is 0 Å². The summed E-state index contributed by atoms with van der Waals surface area (Å²) in [6, 6.07) is 16.2. The van der Waals surface area contributed by atoms with E-state index in [4.69, 9.17) is 23.7 Å². The number of aromatic nitrogens is 1. The van der Waals surface area contributed by atoms with Crippen LogP contribution in [0.3, 0.4) is 0 Å². The molecule has 1 aliphatic rings. The fraction of sp³-hybridized carbons (Fsp3) is 0.160. The summed E-state index contributed by atoms with van der Waals surface area (Å²) >= 11 is 0. The van der Waals surface area contributed by atoms with Gasteiger partial charge in [-0.1, -0.05) is 6.07 Å². The molecule has 5 rings (SSSR count). The minimum atomic E-state index is -1.08. The number of hydrogen-bond donors (Lipinski definition) is 1. The normalized spacial score (nSPS) is 12.1. The Morgan fingerprint density at radius 1 is 0.879 bits per heavy atom. The quantitative estimate of drug-likeness (QED) is 0.456. The number of methoxy groups -OCH3 is 3. The van der Waals surface area contributed by atoms with Crippen LogP contribution in [0.15, 0.2) is 54.6 Å². The highest BCUT2D eigenvalue weighted by Gasteiger charge is 2.27. The number of ether oxygens (including phenoxy) is 5. The average molecular weight is 447 g/mol. The minimum absolute atomic E-state index is 0.101. The van der Waals surface area contributed by atoms with Gasteiger partial charge < -0.3 is 33.4 Å². The van der Waals surface area contributed by atoms with Crippen molar-refractivity contribution < 1.29 is 33.6 Å². The maximum atomic E-state index is 12.7. The van der Waals surface area contributed by atoms with Gasteiger partial charge in [-0.3, -0.25) is 0 Å². The molecule has 0 spiro atoms. The zero-order valence-electron chi connectivity index (χ0n) is 18.2. The third kappa shape index (κ3) is 3.27. The van der Waals surface area contributed by atoms with Gasteiger partial charge in [-0.05, 0) is 48.0 Å². The third-order valence-corrected chi connectivity index (χ3v) is 5.66. The first-order valence-electron chi connectivity index (χ1n) is 10.1. The Hall–Kier alpha value is -4.33. The van der Waals surface area contributed by atoms with Crippen LogP contribution in [0.5, 0.6) is 28.7 Å². The van der Waals surface area contributed by atoms with Crippen molar-refractivity contribution in [3.8, 4) is 45.6 Å². The number of fused-ring (bicyclic) bond motifs is 2. The molecule has 0 radical (unpaired) electrons. The second-order valence-corrected chi connectivity index (χ2v) is 7.35. The molecule has 0 atom stereocenters. The summed E-state index contributed by atoms with van der Waals surface area (Å²) in [7, 11) is 4.67. The van der Waals surface area contributed by atoms with Gasteiger partial charge in [0.1, 0.15) is 11.4 Å². The summed E-state index contributed by atoms with van der Waals surface area (Å²) in [6.07, 6.45) is 0. The topological polar surface area (TPSA) is 88.4 Å². The highest BCUT2D eigenvalue weighted by atomic mass is 16.7. The van der Waals surface area contributed by atoms with E-state index in [0.717, 1.165) is 5.39 Å². The molecule has 0 amide bonds. The molecule has 33 heavy (non-hydrogen) atoms. The summed E-state index contributed by atoms with van der Waals surface area (Å²) in [5, 5.41) is 11.1. The minimum Gasteiger partial charge on any atom is -0.497 e. The monoisotopic (exact) mass is 447 g/mol. The van der Waals surface area contributed by atoms with Crippen LogP contribution in [-0.2, 0) is 0 Å². The maximum Gasteiger partial charge on any atom is 0.353 e. The van der Waals surface area contributed by atoms with Gasteiger partial charge in [-0.15, -0.1) is 0 Å². The van der Waals surface area contributed by atoms with Crippen molar-refractivity contribution >= 4 is 16.9 Å². The second-order valence-electron chi connectivity index (χ2n) is 7.35. The number of aromatic carboxylic acids is 1. The molecular formula is C25H21NO7. The van der Waals surface area contributed by atoms with Crippen LogP contribution in [0.1, 0.15) is 10.5 Å². The summed E-state index contributed by atoms with van der Waals surface area (Å²) in [4.78, 5) is 12.7. The molecule has 4 aromatic rings. The first-order valence-corrected chi connectivity index (χ1v) is 10.1. The van der Waals surface area contributed by atoms with E-state index >= 15 is 0 Å². The Kier molecular flexibility index (Phi) is 4.97. The zero-order valence-corrected chi connectivity index (χ0v) is 18.2. The van der Waals surface area contributed by atoms with Gasteiger partial charge >= 0.3 is 5.97 Å². The van der Waals surface area contributed by atoms with Crippen molar-refractivity contribution in [3.05, 3.63) is 60.3 Å². The zero-order chi connectivity index (χ0) is 23.1. The first-order chi connectivity index (χ1) is 16.0. The van der Waals surface area contributed by atoms with E-state index in [2.05, 4.69) is 0 Å². The molecule has 1 aromatic heterocycles. The Bertz CT molecular complexity index is 1390. The molecule has 0 fully saturated rings. The van der Waals surface area contributed by atoms with Gasteiger partial charge in [-0.2, -0.15) is 0 Å². The summed E-state index contributed by atoms with van der Waals surface area (Å²) in [5.41, 5.74) is 2.65. The van der Waals surface area contributed by atoms with E-state index in [0.29, 0.717) is 51.1 Å². The molecule has 2 heterocycles. The van der Waals surface area contributed by atoms with E-state index in [1.54, 1.807) is 56.2 Å². The molecule has 8 nitrogen and oxygen atoms in total. The molecule has 168 valence electrons. The van der Waals surface area contributed by atoms with Crippen LogP contribution < -0.4 is 23.7 Å². The van der Waals surface area contributed by atoms with Crippen molar-refractivity contribution in [1.82, 2.24) is 4.57 Å². The van der Waals surface area contributed by atoms with Gasteiger partial charge in [0.2, 0.25) is 6.79 Å². The smallest absolute Gasteiger partial charge is 0.353 e. The molecule has 0 unspecified atom stereocenters. The largest absolute Gasteiger partial charge is 0.497 e. The van der Waals surface area contributed by atoms with Gasteiger partial charge in [0.05, 0.1) is 32.5 Å². The summed E-state index contributed by atoms with van der Waals surface area (Å²) < 4.78 is 28.9. The van der Waals surface area contributed by atoms with Gasteiger partial charge in [0.25, 0.3) is 0 Å². The first kappa shape index (κ1) is 20.6. The number of carboxylic acids is 1. The molecule has 0 saturated heterocycles. The van der Waals surface area contributed by atoms with Crippen LogP contribution in [-0.4, -0.2) is 43.8 Å².